The van der Waals surface area contributed by atoms with Crippen LogP contribution in [0.25, 0.3) is 0 Å². The molecule has 0 aromatic carbocycles. The topological polar surface area (TPSA) is 41.0 Å². The van der Waals surface area contributed by atoms with Gasteiger partial charge < -0.3 is 10.2 Å². The number of hydrogen-bond acceptors (Lipinski definition) is 4. The third-order valence-corrected chi connectivity index (χ3v) is 3.53. The Morgan fingerprint density at radius 1 is 1.44 bits per heavy atom. The minimum atomic E-state index is 0.485. The highest BCUT2D eigenvalue weighted by molar-refractivity contribution is 9.10. The monoisotopic (exact) mass is 284 g/mol. The van der Waals surface area contributed by atoms with Gasteiger partial charge in [-0.15, -0.1) is 5.10 Å². The summed E-state index contributed by atoms with van der Waals surface area (Å²) in [5.41, 5.74) is 0. The molecule has 1 fully saturated rings. The fraction of sp³-hybridized carbons (Fsp3) is 0.636. The van der Waals surface area contributed by atoms with E-state index in [-0.39, 0.29) is 0 Å². The highest BCUT2D eigenvalue weighted by Crippen LogP contribution is 2.25. The zero-order valence-electron chi connectivity index (χ0n) is 9.65. The number of nitrogens with one attached hydrogen (secondary N) is 1. The molecule has 0 aliphatic heterocycles. The van der Waals surface area contributed by atoms with Crippen LogP contribution in [0, 0.1) is 0 Å². The Morgan fingerprint density at radius 2 is 2.25 bits per heavy atom. The van der Waals surface area contributed by atoms with Gasteiger partial charge in [-0.2, -0.15) is 5.10 Å². The summed E-state index contributed by atoms with van der Waals surface area (Å²) in [6.45, 7) is 0. The second-order valence-electron chi connectivity index (χ2n) is 4.47. The predicted octanol–water partition coefficient (Wildman–Crippen LogP) is 2.13. The molecule has 0 unspecified atom stereocenters. The van der Waals surface area contributed by atoms with Crippen LogP contribution < -0.4 is 5.32 Å². The molecule has 0 amide bonds. The van der Waals surface area contributed by atoms with Gasteiger partial charge in [0, 0.05) is 16.6 Å². The molecule has 0 bridgehead atoms. The van der Waals surface area contributed by atoms with Crippen molar-refractivity contribution >= 4 is 21.7 Å². The van der Waals surface area contributed by atoms with Gasteiger partial charge in [0.2, 0.25) is 0 Å². The van der Waals surface area contributed by atoms with Crippen LogP contribution in [0.1, 0.15) is 19.3 Å². The van der Waals surface area contributed by atoms with Crippen molar-refractivity contribution in [3.05, 3.63) is 16.7 Å². The van der Waals surface area contributed by atoms with Crippen molar-refractivity contribution in [1.82, 2.24) is 15.1 Å². The molecule has 1 aliphatic carbocycles. The van der Waals surface area contributed by atoms with Crippen molar-refractivity contribution in [2.45, 2.75) is 31.3 Å². The maximum absolute atomic E-state index is 4.09. The smallest absolute Gasteiger partial charge is 0.150 e. The number of aromatic nitrogens is 2. The van der Waals surface area contributed by atoms with E-state index in [1.54, 1.807) is 6.20 Å². The first-order chi connectivity index (χ1) is 7.66. The summed E-state index contributed by atoms with van der Waals surface area (Å²) in [7, 11) is 4.27. The molecule has 0 radical (unpaired) electrons. The van der Waals surface area contributed by atoms with E-state index < -0.39 is 0 Å². The number of halogens is 1. The average molecular weight is 285 g/mol. The molecule has 1 aliphatic rings. The Kier molecular flexibility index (Phi) is 3.76. The van der Waals surface area contributed by atoms with Crippen LogP contribution >= 0.6 is 15.9 Å². The van der Waals surface area contributed by atoms with Gasteiger partial charge in [-0.05, 0) is 55.4 Å². The first kappa shape index (κ1) is 11.8. The molecule has 0 saturated heterocycles. The molecule has 4 nitrogen and oxygen atoms in total. The van der Waals surface area contributed by atoms with Crippen molar-refractivity contribution in [3.63, 3.8) is 0 Å². The molecule has 88 valence electrons. The second kappa shape index (κ2) is 5.10. The highest BCUT2D eigenvalue weighted by atomic mass is 79.9. The van der Waals surface area contributed by atoms with Crippen LogP contribution in [0.15, 0.2) is 16.7 Å². The molecule has 16 heavy (non-hydrogen) atoms. The molecular weight excluding hydrogens is 268 g/mol. The van der Waals surface area contributed by atoms with E-state index >= 15 is 0 Å². The molecule has 1 heterocycles. The quantitative estimate of drug-likeness (QED) is 0.923. The molecule has 1 saturated carbocycles. The molecule has 1 N–H and O–H groups in total. The van der Waals surface area contributed by atoms with Gasteiger partial charge in [-0.1, -0.05) is 0 Å². The largest absolute Gasteiger partial charge is 0.364 e. The van der Waals surface area contributed by atoms with Crippen LogP contribution in [0.4, 0.5) is 5.82 Å². The van der Waals surface area contributed by atoms with E-state index in [0.717, 1.165) is 10.3 Å². The summed E-state index contributed by atoms with van der Waals surface area (Å²) in [6, 6.07) is 3.05. The first-order valence-electron chi connectivity index (χ1n) is 5.58. The molecule has 2 rings (SSSR count). The lowest BCUT2D eigenvalue weighted by atomic mass is 10.1. The zero-order chi connectivity index (χ0) is 11.5. The van der Waals surface area contributed by atoms with E-state index in [2.05, 4.69) is 50.4 Å². The number of hydrogen-bond donors (Lipinski definition) is 1. The highest BCUT2D eigenvalue weighted by Gasteiger charge is 2.28. The number of anilines is 1. The summed E-state index contributed by atoms with van der Waals surface area (Å²) in [6.07, 6.45) is 5.44. The maximum Gasteiger partial charge on any atom is 0.150 e. The number of rotatable bonds is 3. The normalized spacial score (nSPS) is 25.0. The van der Waals surface area contributed by atoms with Crippen molar-refractivity contribution in [2.75, 3.05) is 19.4 Å². The SMILES string of the molecule is CN(C)[C@H]1CCC[C@@H]1Nc1cc(Br)cnn1. The van der Waals surface area contributed by atoms with Crippen molar-refractivity contribution in [3.8, 4) is 0 Å². The van der Waals surface area contributed by atoms with Gasteiger partial charge in [0.25, 0.3) is 0 Å². The van der Waals surface area contributed by atoms with Crippen molar-refractivity contribution < 1.29 is 0 Å². The minimum absolute atomic E-state index is 0.485. The third kappa shape index (κ3) is 2.71. The van der Waals surface area contributed by atoms with Gasteiger partial charge >= 0.3 is 0 Å². The Balaban J connectivity index is 2.04. The van der Waals surface area contributed by atoms with E-state index in [4.69, 9.17) is 0 Å². The fourth-order valence-electron chi connectivity index (χ4n) is 2.33. The summed E-state index contributed by atoms with van der Waals surface area (Å²) >= 11 is 3.40. The standard InChI is InChI=1S/C11H17BrN4/c1-16(2)10-5-3-4-9(10)14-11-6-8(12)7-13-15-11/h6-7,9-10H,3-5H2,1-2H3,(H,14,15)/t9-,10-/m0/s1. The van der Waals surface area contributed by atoms with Gasteiger partial charge in [0.15, 0.2) is 0 Å². The molecular formula is C11H17BrN4. The minimum Gasteiger partial charge on any atom is -0.364 e. The number of nitrogens with zero attached hydrogens (tertiary/aromatic N) is 3. The number of likely N-dealkylation sites (N-methyl/N-ethyl adjacent to an activating group) is 1. The summed E-state index contributed by atoms with van der Waals surface area (Å²) < 4.78 is 0.962. The molecule has 5 heteroatoms. The molecule has 1 aromatic heterocycles. The van der Waals surface area contributed by atoms with E-state index in [1.807, 2.05) is 6.07 Å². The summed E-state index contributed by atoms with van der Waals surface area (Å²) in [4.78, 5) is 2.29. The van der Waals surface area contributed by atoms with E-state index in [9.17, 15) is 0 Å². The Labute approximate surface area is 105 Å². The molecule has 0 spiro atoms. The van der Waals surface area contributed by atoms with Crippen LogP contribution in [0.5, 0.6) is 0 Å². The van der Waals surface area contributed by atoms with Crippen LogP contribution in [-0.2, 0) is 0 Å². The first-order valence-corrected chi connectivity index (χ1v) is 6.37. The van der Waals surface area contributed by atoms with Crippen LogP contribution in [-0.4, -0.2) is 41.3 Å². The van der Waals surface area contributed by atoms with Gasteiger partial charge in [0.05, 0.1) is 6.20 Å². The Bertz CT molecular complexity index is 356. The zero-order valence-corrected chi connectivity index (χ0v) is 11.2. The van der Waals surface area contributed by atoms with Crippen molar-refractivity contribution in [1.29, 1.82) is 0 Å². The maximum atomic E-state index is 4.09. The average Bonchev–Trinajstić information content (AvgIpc) is 2.66. The van der Waals surface area contributed by atoms with Crippen LogP contribution in [0.2, 0.25) is 0 Å². The fourth-order valence-corrected chi connectivity index (χ4v) is 2.64. The van der Waals surface area contributed by atoms with E-state index in [0.29, 0.717) is 12.1 Å². The lowest BCUT2D eigenvalue weighted by molar-refractivity contribution is 0.284. The third-order valence-electron chi connectivity index (χ3n) is 3.10. The van der Waals surface area contributed by atoms with Crippen molar-refractivity contribution in [2.24, 2.45) is 0 Å². The Morgan fingerprint density at radius 3 is 2.94 bits per heavy atom. The summed E-state index contributed by atoms with van der Waals surface area (Å²) in [5, 5.41) is 11.5. The lowest BCUT2D eigenvalue weighted by Crippen LogP contribution is -2.39. The predicted molar refractivity (Wildman–Crippen MR) is 68.5 cm³/mol. The van der Waals surface area contributed by atoms with Gasteiger partial charge in [-0.3, -0.25) is 0 Å². The van der Waals surface area contributed by atoms with Crippen LogP contribution in [0.3, 0.4) is 0 Å². The Hall–Kier alpha value is -0.680. The van der Waals surface area contributed by atoms with E-state index in [1.165, 1.54) is 19.3 Å². The lowest BCUT2D eigenvalue weighted by Gasteiger charge is -2.27. The van der Waals surface area contributed by atoms with Gasteiger partial charge in [0.1, 0.15) is 5.82 Å². The second-order valence-corrected chi connectivity index (χ2v) is 5.39. The molecule has 2 atom stereocenters. The van der Waals surface area contributed by atoms with Gasteiger partial charge in [-0.25, -0.2) is 0 Å². The molecule has 1 aromatic rings. The summed E-state index contributed by atoms with van der Waals surface area (Å²) in [5.74, 6) is 0.855.